The molecule has 19 heavy (non-hydrogen) atoms. The zero-order valence-electron chi connectivity index (χ0n) is 11.6. The van der Waals surface area contributed by atoms with Crippen molar-refractivity contribution in [3.8, 4) is 5.75 Å². The molecule has 0 amide bonds. The standard InChI is InChI=1S/C13H21N5O/c1-4-19-11-7-5-10(6-8-11)17-13(15)18-12(14)16-9(2)3/h5-9H,4H2,1-3H3,(H5,14,15,16,17,18). The maximum absolute atomic E-state index is 5.73. The van der Waals surface area contributed by atoms with Gasteiger partial charge in [0.1, 0.15) is 5.75 Å². The predicted octanol–water partition coefficient (Wildman–Crippen LogP) is 1.53. The van der Waals surface area contributed by atoms with Crippen LogP contribution in [-0.4, -0.2) is 24.6 Å². The highest BCUT2D eigenvalue weighted by Crippen LogP contribution is 2.15. The first-order valence-corrected chi connectivity index (χ1v) is 6.18. The molecule has 0 fully saturated rings. The molecule has 0 spiro atoms. The lowest BCUT2D eigenvalue weighted by Gasteiger charge is -2.07. The first-order valence-electron chi connectivity index (χ1n) is 6.18. The third-order valence-electron chi connectivity index (χ3n) is 2.06. The Morgan fingerprint density at radius 1 is 1.26 bits per heavy atom. The average Bonchev–Trinajstić information content (AvgIpc) is 2.30. The van der Waals surface area contributed by atoms with Crippen LogP contribution in [-0.2, 0) is 0 Å². The topological polar surface area (TPSA) is 98.0 Å². The molecule has 0 saturated carbocycles. The average molecular weight is 263 g/mol. The van der Waals surface area contributed by atoms with Gasteiger partial charge in [-0.2, -0.15) is 4.99 Å². The summed E-state index contributed by atoms with van der Waals surface area (Å²) in [7, 11) is 0. The van der Waals surface area contributed by atoms with Crippen molar-refractivity contribution in [2.75, 3.05) is 11.9 Å². The van der Waals surface area contributed by atoms with Crippen molar-refractivity contribution < 1.29 is 4.74 Å². The Balaban J connectivity index is 2.66. The maximum atomic E-state index is 5.73. The molecule has 0 heterocycles. The number of hydrogen-bond donors (Lipinski definition) is 3. The van der Waals surface area contributed by atoms with Gasteiger partial charge in [-0.1, -0.05) is 0 Å². The van der Waals surface area contributed by atoms with Crippen LogP contribution in [0.25, 0.3) is 0 Å². The summed E-state index contributed by atoms with van der Waals surface area (Å²) < 4.78 is 5.35. The fraction of sp³-hybridized carbons (Fsp3) is 0.385. The summed E-state index contributed by atoms with van der Waals surface area (Å²) in [6, 6.07) is 7.49. The van der Waals surface area contributed by atoms with Gasteiger partial charge in [-0.25, -0.2) is 4.99 Å². The minimum absolute atomic E-state index is 0.0852. The summed E-state index contributed by atoms with van der Waals surface area (Å²) in [6.45, 7) is 6.41. The van der Waals surface area contributed by atoms with Gasteiger partial charge < -0.3 is 21.5 Å². The molecule has 6 heteroatoms. The second-order valence-electron chi connectivity index (χ2n) is 4.16. The molecule has 1 rings (SSSR count). The molecule has 6 nitrogen and oxygen atoms in total. The quantitative estimate of drug-likeness (QED) is 0.567. The van der Waals surface area contributed by atoms with E-state index in [2.05, 4.69) is 15.3 Å². The molecule has 0 unspecified atom stereocenters. The van der Waals surface area contributed by atoms with Gasteiger partial charge >= 0.3 is 0 Å². The van der Waals surface area contributed by atoms with E-state index in [4.69, 9.17) is 16.2 Å². The smallest absolute Gasteiger partial charge is 0.218 e. The van der Waals surface area contributed by atoms with Crippen LogP contribution in [0.3, 0.4) is 0 Å². The van der Waals surface area contributed by atoms with Gasteiger partial charge in [0.2, 0.25) is 11.9 Å². The molecule has 0 aliphatic rings. The molecule has 0 bridgehead atoms. The van der Waals surface area contributed by atoms with Crippen LogP contribution in [0.2, 0.25) is 0 Å². The Kier molecular flexibility index (Phi) is 5.66. The molecular formula is C13H21N5O. The number of benzene rings is 1. The Hall–Kier alpha value is -2.24. The molecule has 1 aromatic rings. The molecule has 1 aromatic carbocycles. The molecule has 104 valence electrons. The number of guanidine groups is 2. The van der Waals surface area contributed by atoms with E-state index in [-0.39, 0.29) is 18.0 Å². The van der Waals surface area contributed by atoms with Crippen LogP contribution in [0.5, 0.6) is 5.75 Å². The van der Waals surface area contributed by atoms with Gasteiger partial charge in [0.05, 0.1) is 6.61 Å². The van der Waals surface area contributed by atoms with Crippen LogP contribution >= 0.6 is 0 Å². The number of hydrogen-bond acceptors (Lipinski definition) is 2. The van der Waals surface area contributed by atoms with Crippen molar-refractivity contribution in [1.29, 1.82) is 0 Å². The van der Waals surface area contributed by atoms with Crippen molar-refractivity contribution in [3.63, 3.8) is 0 Å². The van der Waals surface area contributed by atoms with Crippen LogP contribution in [0.15, 0.2) is 34.3 Å². The van der Waals surface area contributed by atoms with Crippen molar-refractivity contribution in [2.24, 2.45) is 21.5 Å². The van der Waals surface area contributed by atoms with Gasteiger partial charge in [0.15, 0.2) is 0 Å². The van der Waals surface area contributed by atoms with E-state index < -0.39 is 0 Å². The number of rotatable bonds is 4. The van der Waals surface area contributed by atoms with E-state index in [1.54, 1.807) is 0 Å². The van der Waals surface area contributed by atoms with Crippen molar-refractivity contribution in [2.45, 2.75) is 26.8 Å². The van der Waals surface area contributed by atoms with Crippen molar-refractivity contribution in [3.05, 3.63) is 24.3 Å². The highest BCUT2D eigenvalue weighted by Gasteiger charge is 1.98. The van der Waals surface area contributed by atoms with Gasteiger partial charge in [-0.3, -0.25) is 0 Å². The third-order valence-corrected chi connectivity index (χ3v) is 2.06. The van der Waals surface area contributed by atoms with E-state index in [0.717, 1.165) is 11.4 Å². The summed E-state index contributed by atoms with van der Waals surface area (Å²) in [5.74, 6) is 1.17. The molecule has 0 aliphatic carbocycles. The first-order chi connectivity index (χ1) is 9.01. The summed E-state index contributed by atoms with van der Waals surface area (Å²) in [4.78, 5) is 8.02. The van der Waals surface area contributed by atoms with E-state index in [0.29, 0.717) is 6.61 Å². The van der Waals surface area contributed by atoms with Crippen molar-refractivity contribution in [1.82, 2.24) is 0 Å². The van der Waals surface area contributed by atoms with E-state index >= 15 is 0 Å². The monoisotopic (exact) mass is 263 g/mol. The number of ether oxygens (including phenoxy) is 1. The normalized spacial score (nSPS) is 12.6. The van der Waals surface area contributed by atoms with E-state index in [1.807, 2.05) is 45.0 Å². The third kappa shape index (κ3) is 5.76. The largest absolute Gasteiger partial charge is 0.494 e. The van der Waals surface area contributed by atoms with Crippen LogP contribution < -0.4 is 21.5 Å². The van der Waals surface area contributed by atoms with Gasteiger partial charge in [0.25, 0.3) is 0 Å². The van der Waals surface area contributed by atoms with Gasteiger partial charge in [-0.15, -0.1) is 0 Å². The summed E-state index contributed by atoms with van der Waals surface area (Å²) >= 11 is 0. The second-order valence-corrected chi connectivity index (χ2v) is 4.16. The second kappa shape index (κ2) is 7.25. The fourth-order valence-electron chi connectivity index (χ4n) is 1.39. The molecular weight excluding hydrogens is 242 g/mol. The van der Waals surface area contributed by atoms with E-state index in [1.165, 1.54) is 0 Å². The summed E-state index contributed by atoms with van der Waals surface area (Å²) in [5.41, 5.74) is 12.1. The lowest BCUT2D eigenvalue weighted by Crippen LogP contribution is -2.26. The molecule has 0 atom stereocenters. The lowest BCUT2D eigenvalue weighted by atomic mass is 10.3. The minimum Gasteiger partial charge on any atom is -0.494 e. The lowest BCUT2D eigenvalue weighted by molar-refractivity contribution is 0.340. The van der Waals surface area contributed by atoms with Crippen molar-refractivity contribution >= 4 is 17.6 Å². The Morgan fingerprint density at radius 3 is 2.42 bits per heavy atom. The molecule has 0 aliphatic heterocycles. The predicted molar refractivity (Wildman–Crippen MR) is 79.6 cm³/mol. The molecule has 0 radical (unpaired) electrons. The number of aliphatic imine (C=N–C) groups is 2. The Morgan fingerprint density at radius 2 is 1.89 bits per heavy atom. The Bertz CT molecular complexity index is 451. The zero-order valence-corrected chi connectivity index (χ0v) is 11.6. The number of anilines is 1. The van der Waals surface area contributed by atoms with Crippen LogP contribution in [0.1, 0.15) is 20.8 Å². The maximum Gasteiger partial charge on any atom is 0.218 e. The summed E-state index contributed by atoms with van der Waals surface area (Å²) in [5, 5.41) is 2.93. The summed E-state index contributed by atoms with van der Waals surface area (Å²) in [6.07, 6.45) is 0. The minimum atomic E-state index is 0.0852. The Labute approximate surface area is 113 Å². The SMILES string of the molecule is CCOc1ccc(NC(N)=NC(N)=NC(C)C)cc1. The molecule has 0 saturated heterocycles. The van der Waals surface area contributed by atoms with Crippen LogP contribution in [0.4, 0.5) is 5.69 Å². The van der Waals surface area contributed by atoms with Gasteiger partial charge in [0, 0.05) is 11.7 Å². The number of nitrogens with one attached hydrogen (secondary N) is 1. The number of nitrogens with two attached hydrogens (primary N) is 2. The molecule has 5 N–H and O–H groups in total. The highest BCUT2D eigenvalue weighted by molar-refractivity contribution is 6.00. The first kappa shape index (κ1) is 14.8. The van der Waals surface area contributed by atoms with Crippen LogP contribution in [0, 0.1) is 0 Å². The van der Waals surface area contributed by atoms with Gasteiger partial charge in [-0.05, 0) is 45.0 Å². The number of nitrogens with zero attached hydrogens (tertiary/aromatic N) is 2. The fourth-order valence-corrected chi connectivity index (χ4v) is 1.39. The van der Waals surface area contributed by atoms with E-state index in [9.17, 15) is 0 Å². The zero-order chi connectivity index (χ0) is 14.3. The highest BCUT2D eigenvalue weighted by atomic mass is 16.5. The molecule has 0 aromatic heterocycles.